The standard InChI is InChI=1S/C14H14N6O/c21-14(9-1-2-12-13(7-9)18-19-17-12)20-6-4-10(8-20)11-3-5-15-16-11/h1-3,5,7,10H,4,6,8H2,(H,15,16)(H,17,18,19). The Labute approximate surface area is 120 Å². The van der Waals surface area contributed by atoms with Crippen LogP contribution < -0.4 is 0 Å². The zero-order valence-electron chi connectivity index (χ0n) is 11.3. The van der Waals surface area contributed by atoms with Gasteiger partial charge in [0.2, 0.25) is 0 Å². The van der Waals surface area contributed by atoms with E-state index in [0.717, 1.165) is 30.7 Å². The Morgan fingerprint density at radius 2 is 2.14 bits per heavy atom. The van der Waals surface area contributed by atoms with Crippen molar-refractivity contribution in [3.05, 3.63) is 41.7 Å². The van der Waals surface area contributed by atoms with Gasteiger partial charge in [0, 0.05) is 36.5 Å². The molecule has 1 saturated heterocycles. The summed E-state index contributed by atoms with van der Waals surface area (Å²) >= 11 is 0. The molecular weight excluding hydrogens is 268 g/mol. The van der Waals surface area contributed by atoms with Crippen LogP contribution in [0.2, 0.25) is 0 Å². The first-order chi connectivity index (χ1) is 10.3. The molecule has 2 N–H and O–H groups in total. The van der Waals surface area contributed by atoms with E-state index >= 15 is 0 Å². The van der Waals surface area contributed by atoms with Crippen molar-refractivity contribution >= 4 is 16.9 Å². The fraction of sp³-hybridized carbons (Fsp3) is 0.286. The predicted octanol–water partition coefficient (Wildman–Crippen LogP) is 1.31. The molecule has 7 nitrogen and oxygen atoms in total. The molecule has 2 aromatic heterocycles. The van der Waals surface area contributed by atoms with Gasteiger partial charge in [-0.2, -0.15) is 20.5 Å². The number of carbonyl (C=O) groups is 1. The minimum atomic E-state index is 0.0434. The Balaban J connectivity index is 1.55. The van der Waals surface area contributed by atoms with Crippen molar-refractivity contribution in [3.63, 3.8) is 0 Å². The van der Waals surface area contributed by atoms with E-state index in [-0.39, 0.29) is 5.91 Å². The number of nitrogens with zero attached hydrogens (tertiary/aromatic N) is 4. The summed E-state index contributed by atoms with van der Waals surface area (Å²) in [5.74, 6) is 0.383. The second kappa shape index (κ2) is 4.69. The van der Waals surface area contributed by atoms with Gasteiger partial charge in [-0.3, -0.25) is 9.89 Å². The average Bonchev–Trinajstić information content (AvgIpc) is 3.24. The third-order valence-electron chi connectivity index (χ3n) is 4.00. The molecule has 1 amide bonds. The van der Waals surface area contributed by atoms with Crippen LogP contribution in [0.5, 0.6) is 0 Å². The molecule has 4 rings (SSSR count). The fourth-order valence-corrected chi connectivity index (χ4v) is 2.85. The number of carbonyl (C=O) groups excluding carboxylic acids is 1. The summed E-state index contributed by atoms with van der Waals surface area (Å²) in [6.07, 6.45) is 2.71. The highest BCUT2D eigenvalue weighted by Crippen LogP contribution is 2.26. The lowest BCUT2D eigenvalue weighted by molar-refractivity contribution is 0.0791. The highest BCUT2D eigenvalue weighted by molar-refractivity contribution is 5.97. The van der Waals surface area contributed by atoms with Crippen molar-refractivity contribution in [1.82, 2.24) is 30.5 Å². The second-order valence-electron chi connectivity index (χ2n) is 5.28. The summed E-state index contributed by atoms with van der Waals surface area (Å²) in [7, 11) is 0. The molecule has 0 saturated carbocycles. The van der Waals surface area contributed by atoms with E-state index in [0.29, 0.717) is 17.0 Å². The largest absolute Gasteiger partial charge is 0.338 e. The van der Waals surface area contributed by atoms with Gasteiger partial charge in [0.15, 0.2) is 0 Å². The molecule has 1 fully saturated rings. The van der Waals surface area contributed by atoms with Crippen LogP contribution in [0.3, 0.4) is 0 Å². The summed E-state index contributed by atoms with van der Waals surface area (Å²) in [5, 5.41) is 17.5. The number of nitrogens with one attached hydrogen (secondary N) is 2. The minimum Gasteiger partial charge on any atom is -0.338 e. The third-order valence-corrected chi connectivity index (χ3v) is 4.00. The molecule has 3 heterocycles. The molecule has 1 unspecified atom stereocenters. The van der Waals surface area contributed by atoms with Gasteiger partial charge in [-0.1, -0.05) is 0 Å². The van der Waals surface area contributed by atoms with Gasteiger partial charge in [0.1, 0.15) is 11.0 Å². The maximum Gasteiger partial charge on any atom is 0.253 e. The van der Waals surface area contributed by atoms with E-state index in [4.69, 9.17) is 0 Å². The monoisotopic (exact) mass is 282 g/mol. The van der Waals surface area contributed by atoms with Crippen molar-refractivity contribution < 1.29 is 4.79 Å². The van der Waals surface area contributed by atoms with Gasteiger partial charge in [-0.05, 0) is 30.7 Å². The first-order valence-corrected chi connectivity index (χ1v) is 6.90. The van der Waals surface area contributed by atoms with Gasteiger partial charge < -0.3 is 4.90 Å². The fourth-order valence-electron chi connectivity index (χ4n) is 2.85. The molecule has 1 aliphatic heterocycles. The van der Waals surface area contributed by atoms with Gasteiger partial charge >= 0.3 is 0 Å². The number of likely N-dealkylation sites (tertiary alicyclic amines) is 1. The predicted molar refractivity (Wildman–Crippen MR) is 75.7 cm³/mol. The highest BCUT2D eigenvalue weighted by Gasteiger charge is 2.28. The normalized spacial score (nSPS) is 18.5. The van der Waals surface area contributed by atoms with E-state index in [1.165, 1.54) is 0 Å². The maximum absolute atomic E-state index is 12.6. The summed E-state index contributed by atoms with van der Waals surface area (Å²) in [6.45, 7) is 1.48. The van der Waals surface area contributed by atoms with Crippen molar-refractivity contribution in [2.45, 2.75) is 12.3 Å². The summed E-state index contributed by atoms with van der Waals surface area (Å²) < 4.78 is 0. The number of fused-ring (bicyclic) bond motifs is 1. The molecule has 21 heavy (non-hydrogen) atoms. The van der Waals surface area contributed by atoms with Crippen LogP contribution in [0.25, 0.3) is 11.0 Å². The quantitative estimate of drug-likeness (QED) is 0.741. The Kier molecular flexibility index (Phi) is 2.70. The second-order valence-corrected chi connectivity index (χ2v) is 5.28. The van der Waals surface area contributed by atoms with Crippen LogP contribution in [0.4, 0.5) is 0 Å². The number of benzene rings is 1. The van der Waals surface area contributed by atoms with Gasteiger partial charge in [0.25, 0.3) is 5.91 Å². The summed E-state index contributed by atoms with van der Waals surface area (Å²) in [4.78, 5) is 14.5. The van der Waals surface area contributed by atoms with E-state index < -0.39 is 0 Å². The lowest BCUT2D eigenvalue weighted by atomic mass is 10.1. The Bertz CT molecular complexity index is 778. The van der Waals surface area contributed by atoms with Crippen molar-refractivity contribution in [3.8, 4) is 0 Å². The minimum absolute atomic E-state index is 0.0434. The molecule has 0 spiro atoms. The van der Waals surface area contributed by atoms with Crippen LogP contribution in [0.15, 0.2) is 30.5 Å². The zero-order chi connectivity index (χ0) is 14.2. The van der Waals surface area contributed by atoms with E-state index in [2.05, 4.69) is 25.6 Å². The van der Waals surface area contributed by atoms with Gasteiger partial charge in [0.05, 0.1) is 0 Å². The molecule has 0 radical (unpaired) electrons. The number of hydrogen-bond donors (Lipinski definition) is 2. The lowest BCUT2D eigenvalue weighted by Gasteiger charge is -2.16. The lowest BCUT2D eigenvalue weighted by Crippen LogP contribution is -2.28. The van der Waals surface area contributed by atoms with Crippen LogP contribution >= 0.6 is 0 Å². The molecule has 106 valence electrons. The Morgan fingerprint density at radius 3 is 3.00 bits per heavy atom. The van der Waals surface area contributed by atoms with Crippen LogP contribution in [-0.2, 0) is 0 Å². The molecule has 0 aliphatic carbocycles. The zero-order valence-corrected chi connectivity index (χ0v) is 11.3. The van der Waals surface area contributed by atoms with Crippen molar-refractivity contribution in [2.75, 3.05) is 13.1 Å². The average molecular weight is 282 g/mol. The number of rotatable bonds is 2. The van der Waals surface area contributed by atoms with E-state index in [1.54, 1.807) is 18.3 Å². The third kappa shape index (κ3) is 2.06. The van der Waals surface area contributed by atoms with Gasteiger partial charge in [-0.25, -0.2) is 0 Å². The number of H-pyrrole nitrogens is 2. The smallest absolute Gasteiger partial charge is 0.253 e. The molecule has 1 aliphatic rings. The van der Waals surface area contributed by atoms with Crippen LogP contribution in [-0.4, -0.2) is 49.5 Å². The van der Waals surface area contributed by atoms with Gasteiger partial charge in [-0.15, -0.1) is 0 Å². The number of aromatic nitrogens is 5. The number of hydrogen-bond acceptors (Lipinski definition) is 4. The molecule has 7 heteroatoms. The van der Waals surface area contributed by atoms with Crippen LogP contribution in [0.1, 0.15) is 28.4 Å². The first kappa shape index (κ1) is 12.1. The first-order valence-electron chi connectivity index (χ1n) is 6.90. The SMILES string of the molecule is O=C(c1ccc2n[nH]nc2c1)N1CCC(c2ccn[nH]2)C1. The van der Waals surface area contributed by atoms with Crippen molar-refractivity contribution in [2.24, 2.45) is 0 Å². The molecule has 0 bridgehead atoms. The summed E-state index contributed by atoms with van der Waals surface area (Å²) in [5.41, 5.74) is 3.23. The Morgan fingerprint density at radius 1 is 1.24 bits per heavy atom. The van der Waals surface area contributed by atoms with Crippen molar-refractivity contribution in [1.29, 1.82) is 0 Å². The topological polar surface area (TPSA) is 90.6 Å². The highest BCUT2D eigenvalue weighted by atomic mass is 16.2. The van der Waals surface area contributed by atoms with E-state index in [1.807, 2.05) is 17.0 Å². The van der Waals surface area contributed by atoms with E-state index in [9.17, 15) is 4.79 Å². The molecule has 3 aromatic rings. The molecule has 1 aromatic carbocycles. The Hall–Kier alpha value is -2.70. The van der Waals surface area contributed by atoms with Crippen LogP contribution in [0, 0.1) is 0 Å². The number of amides is 1. The number of aromatic amines is 2. The summed E-state index contributed by atoms with van der Waals surface area (Å²) in [6, 6.07) is 7.37. The molecular formula is C14H14N6O. The molecule has 1 atom stereocenters. The maximum atomic E-state index is 12.6.